The molecule has 0 aromatic rings. The number of rotatable bonds is 7. The lowest BCUT2D eigenvalue weighted by Crippen LogP contribution is -3.00. The van der Waals surface area contributed by atoms with Gasteiger partial charge in [-0.25, -0.2) is 0 Å². The van der Waals surface area contributed by atoms with Gasteiger partial charge in [-0.2, -0.15) is 0 Å². The fourth-order valence-electron chi connectivity index (χ4n) is 1.68. The normalized spacial score (nSPS) is 11.1. The Labute approximate surface area is 94.9 Å². The molecule has 0 aromatic heterocycles. The highest BCUT2D eigenvalue weighted by Gasteiger charge is 2.11. The van der Waals surface area contributed by atoms with Gasteiger partial charge in [0.1, 0.15) is 0 Å². The summed E-state index contributed by atoms with van der Waals surface area (Å²) in [4.78, 5) is 0. The number of hydrogen-bond acceptors (Lipinski definition) is 0. The molecule has 0 aliphatic rings. The standard InChI is InChI=1S/C11H26N.BrH/c1-5-7-8-9-11-12(3,4)10-6-2;/h5-11H2,1-4H3;1H/q+1;/p-1. The monoisotopic (exact) mass is 251 g/mol. The second kappa shape index (κ2) is 9.01. The lowest BCUT2D eigenvalue weighted by Gasteiger charge is -2.29. The highest BCUT2D eigenvalue weighted by atomic mass is 79.9. The summed E-state index contributed by atoms with van der Waals surface area (Å²) < 4.78 is 1.21. The van der Waals surface area contributed by atoms with Crippen LogP contribution in [-0.2, 0) is 0 Å². The van der Waals surface area contributed by atoms with Gasteiger partial charge >= 0.3 is 0 Å². The molecule has 0 fully saturated rings. The van der Waals surface area contributed by atoms with E-state index in [1.54, 1.807) is 0 Å². The molecule has 0 aliphatic carbocycles. The van der Waals surface area contributed by atoms with Crippen LogP contribution in [0.2, 0.25) is 0 Å². The van der Waals surface area contributed by atoms with Crippen molar-refractivity contribution in [3.63, 3.8) is 0 Å². The van der Waals surface area contributed by atoms with Gasteiger partial charge in [0.2, 0.25) is 0 Å². The Morgan fingerprint density at radius 3 is 1.85 bits per heavy atom. The Morgan fingerprint density at radius 1 is 0.769 bits per heavy atom. The van der Waals surface area contributed by atoms with E-state index in [1.165, 1.54) is 49.7 Å². The fourth-order valence-corrected chi connectivity index (χ4v) is 1.68. The maximum atomic E-state index is 2.34. The number of nitrogens with zero attached hydrogens (tertiary/aromatic N) is 1. The molecule has 2 heteroatoms. The zero-order valence-corrected chi connectivity index (χ0v) is 11.4. The van der Waals surface area contributed by atoms with Crippen LogP contribution < -0.4 is 17.0 Å². The van der Waals surface area contributed by atoms with Crippen LogP contribution in [-0.4, -0.2) is 31.7 Å². The van der Waals surface area contributed by atoms with Crippen molar-refractivity contribution in [3.05, 3.63) is 0 Å². The third-order valence-corrected chi connectivity index (χ3v) is 2.45. The van der Waals surface area contributed by atoms with E-state index >= 15 is 0 Å². The molecule has 0 unspecified atom stereocenters. The smallest absolute Gasteiger partial charge is 0.0782 e. The average molecular weight is 252 g/mol. The fraction of sp³-hybridized carbons (Fsp3) is 1.00. The molecule has 13 heavy (non-hydrogen) atoms. The van der Waals surface area contributed by atoms with E-state index in [2.05, 4.69) is 27.9 Å². The molecule has 0 atom stereocenters. The van der Waals surface area contributed by atoms with Crippen LogP contribution in [0.1, 0.15) is 46.0 Å². The summed E-state index contributed by atoms with van der Waals surface area (Å²) in [6.45, 7) is 7.22. The Morgan fingerprint density at radius 2 is 1.38 bits per heavy atom. The molecular formula is C11H26BrN. The van der Waals surface area contributed by atoms with Gasteiger partial charge in [-0.05, 0) is 19.3 Å². The van der Waals surface area contributed by atoms with Crippen molar-refractivity contribution < 1.29 is 21.5 Å². The van der Waals surface area contributed by atoms with E-state index in [0.29, 0.717) is 0 Å². The molecule has 0 aliphatic heterocycles. The second-order valence-electron chi connectivity index (χ2n) is 4.44. The molecule has 0 aromatic carbocycles. The summed E-state index contributed by atoms with van der Waals surface area (Å²) >= 11 is 0. The summed E-state index contributed by atoms with van der Waals surface area (Å²) in [5.74, 6) is 0. The summed E-state index contributed by atoms with van der Waals surface area (Å²) in [7, 11) is 4.69. The van der Waals surface area contributed by atoms with Crippen LogP contribution in [0.3, 0.4) is 0 Å². The Balaban J connectivity index is 0. The topological polar surface area (TPSA) is 0 Å². The Hall–Kier alpha value is 0.440. The number of hydrogen-bond donors (Lipinski definition) is 0. The van der Waals surface area contributed by atoms with Gasteiger partial charge in [0.15, 0.2) is 0 Å². The predicted molar refractivity (Wildman–Crippen MR) is 56.3 cm³/mol. The van der Waals surface area contributed by atoms with Gasteiger partial charge in [-0.3, -0.25) is 0 Å². The molecular weight excluding hydrogens is 226 g/mol. The van der Waals surface area contributed by atoms with E-state index in [4.69, 9.17) is 0 Å². The van der Waals surface area contributed by atoms with Crippen LogP contribution in [0.5, 0.6) is 0 Å². The van der Waals surface area contributed by atoms with Gasteiger partial charge in [0, 0.05) is 0 Å². The molecule has 0 spiro atoms. The molecule has 0 rings (SSSR count). The molecule has 0 saturated heterocycles. The minimum Gasteiger partial charge on any atom is -1.00 e. The second-order valence-corrected chi connectivity index (χ2v) is 4.44. The van der Waals surface area contributed by atoms with Gasteiger partial charge in [-0.15, -0.1) is 0 Å². The third-order valence-electron chi connectivity index (χ3n) is 2.45. The van der Waals surface area contributed by atoms with Crippen molar-refractivity contribution >= 4 is 0 Å². The quantitative estimate of drug-likeness (QED) is 0.444. The first kappa shape index (κ1) is 15.9. The molecule has 0 bridgehead atoms. The third kappa shape index (κ3) is 10.4. The van der Waals surface area contributed by atoms with Crippen molar-refractivity contribution in [1.82, 2.24) is 0 Å². The SMILES string of the molecule is CCCCCC[N+](C)(C)CCC.[Br-]. The summed E-state index contributed by atoms with van der Waals surface area (Å²) in [6.07, 6.45) is 6.89. The number of halogens is 1. The van der Waals surface area contributed by atoms with E-state index in [9.17, 15) is 0 Å². The summed E-state index contributed by atoms with van der Waals surface area (Å²) in [6, 6.07) is 0. The largest absolute Gasteiger partial charge is 1.00 e. The van der Waals surface area contributed by atoms with Crippen LogP contribution in [0, 0.1) is 0 Å². The van der Waals surface area contributed by atoms with Crippen LogP contribution in [0.25, 0.3) is 0 Å². The predicted octanol–water partition coefficient (Wildman–Crippen LogP) is 0.0571. The van der Waals surface area contributed by atoms with Crippen molar-refractivity contribution in [1.29, 1.82) is 0 Å². The first-order chi connectivity index (χ1) is 5.62. The highest BCUT2D eigenvalue weighted by Crippen LogP contribution is 2.05. The molecule has 0 N–H and O–H groups in total. The number of unbranched alkanes of at least 4 members (excludes halogenated alkanes) is 3. The minimum absolute atomic E-state index is 0. The van der Waals surface area contributed by atoms with Crippen LogP contribution in [0.15, 0.2) is 0 Å². The maximum absolute atomic E-state index is 2.34. The summed E-state index contributed by atoms with van der Waals surface area (Å²) in [5, 5.41) is 0. The van der Waals surface area contributed by atoms with Gasteiger partial charge in [0.25, 0.3) is 0 Å². The minimum atomic E-state index is 0. The average Bonchev–Trinajstić information content (AvgIpc) is 1.98. The van der Waals surface area contributed by atoms with E-state index in [0.717, 1.165) is 0 Å². The summed E-state index contributed by atoms with van der Waals surface area (Å²) in [5.41, 5.74) is 0. The zero-order valence-electron chi connectivity index (χ0n) is 9.77. The van der Waals surface area contributed by atoms with Crippen LogP contribution in [0.4, 0.5) is 0 Å². The van der Waals surface area contributed by atoms with Crippen LogP contribution >= 0.6 is 0 Å². The molecule has 0 saturated carbocycles. The molecule has 1 nitrogen and oxygen atoms in total. The van der Waals surface area contributed by atoms with Gasteiger partial charge in [0.05, 0.1) is 27.2 Å². The lowest BCUT2D eigenvalue weighted by molar-refractivity contribution is -0.890. The van der Waals surface area contributed by atoms with Crippen molar-refractivity contribution in [2.45, 2.75) is 46.0 Å². The first-order valence-electron chi connectivity index (χ1n) is 5.44. The van der Waals surface area contributed by atoms with E-state index in [1.807, 2.05) is 0 Å². The van der Waals surface area contributed by atoms with Gasteiger partial charge < -0.3 is 21.5 Å². The zero-order chi connectivity index (χ0) is 9.45. The molecule has 82 valence electrons. The highest BCUT2D eigenvalue weighted by molar-refractivity contribution is 4.40. The molecule has 0 radical (unpaired) electrons. The van der Waals surface area contributed by atoms with Crippen molar-refractivity contribution in [2.75, 3.05) is 27.2 Å². The molecule has 0 amide bonds. The first-order valence-corrected chi connectivity index (χ1v) is 5.44. The van der Waals surface area contributed by atoms with E-state index < -0.39 is 0 Å². The maximum Gasteiger partial charge on any atom is 0.0782 e. The Bertz CT molecular complexity index is 102. The van der Waals surface area contributed by atoms with Crippen molar-refractivity contribution in [2.24, 2.45) is 0 Å². The Kier molecular flexibility index (Phi) is 11.0. The number of quaternary nitrogens is 1. The lowest BCUT2D eigenvalue weighted by atomic mass is 10.2. The van der Waals surface area contributed by atoms with Gasteiger partial charge in [-0.1, -0.05) is 26.7 Å². The van der Waals surface area contributed by atoms with Crippen molar-refractivity contribution in [3.8, 4) is 0 Å². The van der Waals surface area contributed by atoms with E-state index in [-0.39, 0.29) is 17.0 Å². The molecule has 0 heterocycles.